The largest absolute Gasteiger partial charge is 0.573 e. The maximum atomic E-state index is 12.5. The van der Waals surface area contributed by atoms with Gasteiger partial charge in [0.2, 0.25) is 0 Å². The Morgan fingerprint density at radius 1 is 0.962 bits per heavy atom. The van der Waals surface area contributed by atoms with Crippen LogP contribution in [0.1, 0.15) is 10.4 Å². The van der Waals surface area contributed by atoms with E-state index in [4.69, 9.17) is 4.74 Å². The minimum Gasteiger partial charge on any atom is -0.496 e. The molecular formula is C19H14F3NO3. The van der Waals surface area contributed by atoms with Gasteiger partial charge in [0.25, 0.3) is 5.91 Å². The van der Waals surface area contributed by atoms with Crippen LogP contribution in [0.4, 0.5) is 18.9 Å². The fourth-order valence-corrected chi connectivity index (χ4v) is 2.50. The van der Waals surface area contributed by atoms with Crippen LogP contribution in [-0.2, 0) is 0 Å². The van der Waals surface area contributed by atoms with Crippen LogP contribution in [0.25, 0.3) is 10.8 Å². The number of nitrogens with one attached hydrogen (secondary N) is 1. The Bertz CT molecular complexity index is 937. The maximum Gasteiger partial charge on any atom is 0.573 e. The lowest BCUT2D eigenvalue weighted by molar-refractivity contribution is -0.274. The molecule has 0 fully saturated rings. The van der Waals surface area contributed by atoms with Crippen molar-refractivity contribution in [3.8, 4) is 11.5 Å². The molecule has 0 spiro atoms. The maximum absolute atomic E-state index is 12.5. The number of benzene rings is 3. The lowest BCUT2D eigenvalue weighted by Gasteiger charge is -2.12. The molecule has 0 bridgehead atoms. The number of halogens is 3. The van der Waals surface area contributed by atoms with Gasteiger partial charge in [0.15, 0.2) is 0 Å². The van der Waals surface area contributed by atoms with Gasteiger partial charge in [-0.15, -0.1) is 13.2 Å². The van der Waals surface area contributed by atoms with Gasteiger partial charge < -0.3 is 14.8 Å². The molecule has 3 rings (SSSR count). The van der Waals surface area contributed by atoms with Crippen LogP contribution in [0.15, 0.2) is 60.7 Å². The highest BCUT2D eigenvalue weighted by Crippen LogP contribution is 2.28. The topological polar surface area (TPSA) is 47.6 Å². The molecule has 4 nitrogen and oxygen atoms in total. The monoisotopic (exact) mass is 361 g/mol. The summed E-state index contributed by atoms with van der Waals surface area (Å²) in [7, 11) is 1.46. The van der Waals surface area contributed by atoms with Crippen molar-refractivity contribution in [2.45, 2.75) is 6.36 Å². The van der Waals surface area contributed by atoms with Gasteiger partial charge in [-0.05, 0) is 47.2 Å². The molecule has 0 aliphatic rings. The zero-order valence-corrected chi connectivity index (χ0v) is 13.6. The number of carbonyl (C=O) groups excluding carboxylic acids is 1. The molecule has 1 N–H and O–H groups in total. The summed E-state index contributed by atoms with van der Waals surface area (Å²) < 4.78 is 45.6. The third-order valence-corrected chi connectivity index (χ3v) is 3.66. The van der Waals surface area contributed by atoms with E-state index >= 15 is 0 Å². The number of alkyl halides is 3. The molecule has 0 aliphatic heterocycles. The standard InChI is InChI=1S/C19H14F3NO3/c1-25-17-11-13-5-3-2-4-12(13)10-16(17)18(24)23-14-6-8-15(9-7-14)26-19(20,21)22/h2-11H,1H3,(H,23,24). The van der Waals surface area contributed by atoms with Gasteiger partial charge >= 0.3 is 6.36 Å². The number of fused-ring (bicyclic) bond motifs is 1. The summed E-state index contributed by atoms with van der Waals surface area (Å²) in [5, 5.41) is 4.43. The van der Waals surface area contributed by atoms with Gasteiger partial charge in [0, 0.05) is 5.69 Å². The normalized spacial score (nSPS) is 11.2. The lowest BCUT2D eigenvalue weighted by atomic mass is 10.1. The lowest BCUT2D eigenvalue weighted by Crippen LogP contribution is -2.17. The second-order valence-electron chi connectivity index (χ2n) is 5.43. The van der Waals surface area contributed by atoms with Crippen LogP contribution >= 0.6 is 0 Å². The first kappa shape index (κ1) is 17.6. The van der Waals surface area contributed by atoms with Crippen molar-refractivity contribution in [2.75, 3.05) is 12.4 Å². The Balaban J connectivity index is 1.82. The van der Waals surface area contributed by atoms with Crippen LogP contribution in [0.5, 0.6) is 11.5 Å². The van der Waals surface area contributed by atoms with E-state index in [1.807, 2.05) is 24.3 Å². The molecule has 26 heavy (non-hydrogen) atoms. The number of rotatable bonds is 4. The van der Waals surface area contributed by atoms with Crippen molar-refractivity contribution in [2.24, 2.45) is 0 Å². The van der Waals surface area contributed by atoms with Crippen LogP contribution in [0.3, 0.4) is 0 Å². The summed E-state index contributed by atoms with van der Waals surface area (Å²) in [6.45, 7) is 0. The van der Waals surface area contributed by atoms with E-state index in [2.05, 4.69) is 10.1 Å². The van der Waals surface area contributed by atoms with Crippen molar-refractivity contribution in [3.63, 3.8) is 0 Å². The van der Waals surface area contributed by atoms with Gasteiger partial charge in [0.1, 0.15) is 11.5 Å². The molecule has 0 saturated heterocycles. The Hall–Kier alpha value is -3.22. The van der Waals surface area contributed by atoms with Crippen molar-refractivity contribution in [1.82, 2.24) is 0 Å². The first-order valence-electron chi connectivity index (χ1n) is 7.60. The molecule has 0 atom stereocenters. The average molecular weight is 361 g/mol. The zero-order valence-electron chi connectivity index (χ0n) is 13.6. The van der Waals surface area contributed by atoms with Crippen molar-refractivity contribution in [1.29, 1.82) is 0 Å². The highest BCUT2D eigenvalue weighted by molar-refractivity contribution is 6.08. The van der Waals surface area contributed by atoms with Gasteiger partial charge in [-0.2, -0.15) is 0 Å². The predicted octanol–water partition coefficient (Wildman–Crippen LogP) is 5.00. The highest BCUT2D eigenvalue weighted by atomic mass is 19.4. The molecular weight excluding hydrogens is 347 g/mol. The van der Waals surface area contributed by atoms with E-state index in [9.17, 15) is 18.0 Å². The van der Waals surface area contributed by atoms with E-state index < -0.39 is 12.3 Å². The Morgan fingerprint density at radius 2 is 1.58 bits per heavy atom. The SMILES string of the molecule is COc1cc2ccccc2cc1C(=O)Nc1ccc(OC(F)(F)F)cc1. The molecule has 0 saturated carbocycles. The number of methoxy groups -OCH3 is 1. The minimum absolute atomic E-state index is 0.321. The molecule has 134 valence electrons. The first-order chi connectivity index (χ1) is 12.4. The molecule has 1 amide bonds. The first-order valence-corrected chi connectivity index (χ1v) is 7.60. The van der Waals surface area contributed by atoms with E-state index in [1.165, 1.54) is 19.2 Å². The number of carbonyl (C=O) groups is 1. The molecule has 0 unspecified atom stereocenters. The van der Waals surface area contributed by atoms with E-state index in [-0.39, 0.29) is 5.75 Å². The molecule has 3 aromatic rings. The van der Waals surface area contributed by atoms with Crippen LogP contribution in [-0.4, -0.2) is 19.4 Å². The second-order valence-corrected chi connectivity index (χ2v) is 5.43. The highest BCUT2D eigenvalue weighted by Gasteiger charge is 2.31. The number of amides is 1. The summed E-state index contributed by atoms with van der Waals surface area (Å²) in [5.74, 6) is -0.394. The Labute approximate surface area is 147 Å². The summed E-state index contributed by atoms with van der Waals surface area (Å²) in [4.78, 5) is 12.5. The van der Waals surface area contributed by atoms with E-state index in [1.54, 1.807) is 12.1 Å². The third kappa shape index (κ3) is 4.05. The summed E-state index contributed by atoms with van der Waals surface area (Å²) >= 11 is 0. The van der Waals surface area contributed by atoms with E-state index in [0.717, 1.165) is 22.9 Å². The fraction of sp³-hybridized carbons (Fsp3) is 0.105. The van der Waals surface area contributed by atoms with Gasteiger partial charge in [-0.1, -0.05) is 24.3 Å². The summed E-state index contributed by atoms with van der Waals surface area (Å²) in [5.41, 5.74) is 0.654. The van der Waals surface area contributed by atoms with E-state index in [0.29, 0.717) is 17.0 Å². The quantitative estimate of drug-likeness (QED) is 0.711. The predicted molar refractivity (Wildman–Crippen MR) is 91.6 cm³/mol. The number of hydrogen-bond acceptors (Lipinski definition) is 3. The molecule has 3 aromatic carbocycles. The zero-order chi connectivity index (χ0) is 18.7. The van der Waals surface area contributed by atoms with Gasteiger partial charge in [-0.3, -0.25) is 4.79 Å². The second kappa shape index (κ2) is 6.95. The fourth-order valence-electron chi connectivity index (χ4n) is 2.50. The summed E-state index contributed by atoms with van der Waals surface area (Å²) in [6.07, 6.45) is -4.76. The number of hydrogen-bond donors (Lipinski definition) is 1. The Morgan fingerprint density at radius 3 is 2.15 bits per heavy atom. The van der Waals surface area contributed by atoms with Crippen LogP contribution < -0.4 is 14.8 Å². The van der Waals surface area contributed by atoms with Crippen LogP contribution in [0.2, 0.25) is 0 Å². The molecule has 0 radical (unpaired) electrons. The number of anilines is 1. The van der Waals surface area contributed by atoms with Gasteiger partial charge in [0.05, 0.1) is 12.7 Å². The number of ether oxygens (including phenoxy) is 2. The molecule has 0 aliphatic carbocycles. The van der Waals surface area contributed by atoms with Crippen LogP contribution in [0, 0.1) is 0 Å². The molecule has 7 heteroatoms. The van der Waals surface area contributed by atoms with Crippen molar-refractivity contribution < 1.29 is 27.4 Å². The average Bonchev–Trinajstić information content (AvgIpc) is 2.61. The van der Waals surface area contributed by atoms with Gasteiger partial charge in [-0.25, -0.2) is 0 Å². The summed E-state index contributed by atoms with van der Waals surface area (Å²) in [6, 6.07) is 15.9. The molecule has 0 heterocycles. The Kier molecular flexibility index (Phi) is 4.71. The smallest absolute Gasteiger partial charge is 0.496 e. The minimum atomic E-state index is -4.76. The van der Waals surface area contributed by atoms with Crippen molar-refractivity contribution >= 4 is 22.4 Å². The van der Waals surface area contributed by atoms with Crippen molar-refractivity contribution in [3.05, 3.63) is 66.2 Å². The molecule has 0 aromatic heterocycles. The third-order valence-electron chi connectivity index (χ3n) is 3.66.